The van der Waals surface area contributed by atoms with Gasteiger partial charge in [0.05, 0.1) is 48.1 Å². The first kappa shape index (κ1) is 52.6. The summed E-state index contributed by atoms with van der Waals surface area (Å²) in [6.07, 6.45) is 0.777. The Balaban J connectivity index is 0.874. The topological polar surface area (TPSA) is 207 Å². The van der Waals surface area contributed by atoms with Gasteiger partial charge in [0.25, 0.3) is 0 Å². The summed E-state index contributed by atoms with van der Waals surface area (Å²) in [6, 6.07) is 16.3. The summed E-state index contributed by atoms with van der Waals surface area (Å²) in [6.45, 7) is 13.0. The van der Waals surface area contributed by atoms with E-state index in [2.05, 4.69) is 46.0 Å². The Labute approximate surface area is 428 Å². The van der Waals surface area contributed by atoms with E-state index >= 15 is 0 Å². The Hall–Kier alpha value is -6.25. The number of methoxy groups -OCH3 is 2. The van der Waals surface area contributed by atoms with Gasteiger partial charge in [-0.15, -0.1) is 11.3 Å². The van der Waals surface area contributed by atoms with Gasteiger partial charge in [-0.2, -0.15) is 0 Å². The van der Waals surface area contributed by atoms with Crippen LogP contribution in [0, 0.1) is 12.3 Å². The van der Waals surface area contributed by atoms with Crippen LogP contribution in [0.15, 0.2) is 72.5 Å². The Morgan fingerprint density at radius 2 is 1.58 bits per heavy atom. The summed E-state index contributed by atoms with van der Waals surface area (Å²) < 4.78 is 10.6. The number of nitrogens with one attached hydrogen (secondary N) is 4. The molecule has 5 amide bonds. The van der Waals surface area contributed by atoms with Gasteiger partial charge in [0, 0.05) is 82.7 Å². The minimum atomic E-state index is -0.912. The van der Waals surface area contributed by atoms with Crippen molar-refractivity contribution < 1.29 is 33.8 Å². The molecule has 0 aliphatic carbocycles. The lowest BCUT2D eigenvalue weighted by Crippen LogP contribution is -2.58. The predicted molar refractivity (Wildman–Crippen MR) is 278 cm³/mol. The third-order valence-corrected chi connectivity index (χ3v) is 14.4. The lowest BCUT2D eigenvalue weighted by atomic mass is 9.85. The number of β-amino-alcohol motifs (C(OH)–C–C–N with tert-alkyl or cyclic N) is 1. The number of aliphatic hydroxyl groups is 1. The van der Waals surface area contributed by atoms with Gasteiger partial charge in [-0.25, -0.2) is 19.7 Å². The fourth-order valence-corrected chi connectivity index (χ4v) is 9.94. The smallest absolute Gasteiger partial charge is 0.327 e. The molecule has 4 atom stereocenters. The Morgan fingerprint density at radius 3 is 2.18 bits per heavy atom. The van der Waals surface area contributed by atoms with Gasteiger partial charge >= 0.3 is 6.03 Å². The average molecular weight is 1030 g/mol. The second-order valence-corrected chi connectivity index (χ2v) is 20.3. The quantitative estimate of drug-likeness (QED) is 0.0649. The summed E-state index contributed by atoms with van der Waals surface area (Å²) >= 11 is 14.5. The number of hydrogen-bond acceptors (Lipinski definition) is 14. The number of nitrogens with zero attached hydrogens (tertiary/aromatic N) is 7. The maximum Gasteiger partial charge on any atom is 0.327 e. The number of benzene rings is 3. The highest BCUT2D eigenvalue weighted by atomic mass is 35.5. The number of aliphatic hydroxyl groups excluding tert-OH is 1. The van der Waals surface area contributed by atoms with Crippen LogP contribution >= 0.6 is 34.5 Å². The summed E-state index contributed by atoms with van der Waals surface area (Å²) in [4.78, 5) is 76.0. The summed E-state index contributed by atoms with van der Waals surface area (Å²) in [5.41, 5.74) is 6.01. The van der Waals surface area contributed by atoms with Gasteiger partial charge < -0.3 is 45.6 Å². The summed E-state index contributed by atoms with van der Waals surface area (Å²) in [7, 11) is 4.43. The number of thiazole rings is 1. The highest BCUT2D eigenvalue weighted by Crippen LogP contribution is 2.44. The molecule has 2 aliphatic heterocycles. The lowest BCUT2D eigenvalue weighted by Gasteiger charge is -2.37. The molecule has 4 heterocycles. The van der Waals surface area contributed by atoms with Crippen LogP contribution in [0.5, 0.6) is 11.5 Å². The van der Waals surface area contributed by atoms with Gasteiger partial charge in [0.2, 0.25) is 17.7 Å². The van der Waals surface area contributed by atoms with Crippen LogP contribution in [0.4, 0.5) is 33.5 Å². The van der Waals surface area contributed by atoms with E-state index in [0.29, 0.717) is 18.2 Å². The Morgan fingerprint density at radius 1 is 0.915 bits per heavy atom. The first-order valence-corrected chi connectivity index (χ1v) is 24.9. The molecular weight excluding hydrogens is 970 g/mol. The number of urea groups is 1. The number of aromatic nitrogens is 3. The zero-order chi connectivity index (χ0) is 51.1. The first-order valence-electron chi connectivity index (χ1n) is 23.2. The minimum absolute atomic E-state index is 0.000580. The van der Waals surface area contributed by atoms with E-state index < -0.39 is 35.5 Å². The van der Waals surface area contributed by atoms with E-state index in [1.807, 2.05) is 88.7 Å². The van der Waals surface area contributed by atoms with Crippen molar-refractivity contribution in [2.45, 2.75) is 71.7 Å². The van der Waals surface area contributed by atoms with Crippen LogP contribution in [0.3, 0.4) is 0 Å². The molecule has 4 unspecified atom stereocenters. The molecule has 0 spiro atoms. The number of likely N-dealkylation sites (tertiary alicyclic amines) is 1. The molecule has 0 radical (unpaired) electrons. The van der Waals surface area contributed by atoms with Crippen molar-refractivity contribution in [3.63, 3.8) is 0 Å². The van der Waals surface area contributed by atoms with Gasteiger partial charge in [0.1, 0.15) is 51.6 Å². The van der Waals surface area contributed by atoms with Crippen molar-refractivity contribution in [3.8, 4) is 21.9 Å². The molecule has 2 fully saturated rings. The zero-order valence-electron chi connectivity index (χ0n) is 41.1. The van der Waals surface area contributed by atoms with E-state index in [0.717, 1.165) is 59.3 Å². The molecule has 2 saturated heterocycles. The van der Waals surface area contributed by atoms with E-state index in [1.165, 1.54) is 36.4 Å². The number of rotatable bonds is 16. The fourth-order valence-electron chi connectivity index (χ4n) is 8.53. The molecule has 2 aromatic heterocycles. The monoisotopic (exact) mass is 1030 g/mol. The number of piperazine rings is 1. The standard InChI is InChI=1S/C50H61Cl2N11O7S/c1-29(31-9-11-32(12-10-31)45-30(2)55-28-71-45)56-47(66)36-23-35(64)26-63(36)48(67)46(50(3,4)5)58-41(65)17-18-61-19-21-62(22-20-61)34-15-13-33(14-16-34)57-39-25-40(54-27-53-39)60(6)49(68)59-44-42(51)37(69-7)24-38(70-8)43(44)52/h9-16,24-25,27-29,35-36,46,64H,17-23,26H2,1-8H3,(H,56,66)(H,58,65)(H,59,68)(H,53,54,57). The van der Waals surface area contributed by atoms with Gasteiger partial charge in [-0.1, -0.05) is 68.2 Å². The van der Waals surface area contributed by atoms with Crippen LogP contribution in [-0.4, -0.2) is 132 Å². The van der Waals surface area contributed by atoms with Crippen molar-refractivity contribution in [2.75, 3.05) is 81.0 Å². The van der Waals surface area contributed by atoms with E-state index in [1.54, 1.807) is 24.5 Å². The Kier molecular flexibility index (Phi) is 16.9. The minimum Gasteiger partial charge on any atom is -0.495 e. The summed E-state index contributed by atoms with van der Waals surface area (Å²) in [5.74, 6) is 0.317. The summed E-state index contributed by atoms with van der Waals surface area (Å²) in [5, 5.41) is 23.0. The first-order chi connectivity index (χ1) is 33.8. The predicted octanol–water partition coefficient (Wildman–Crippen LogP) is 7.53. The van der Waals surface area contributed by atoms with Crippen molar-refractivity contribution in [3.05, 3.63) is 93.8 Å². The van der Waals surface area contributed by atoms with Gasteiger partial charge in [0.15, 0.2) is 0 Å². The number of aryl methyl sites for hydroxylation is 1. The van der Waals surface area contributed by atoms with E-state index in [9.17, 15) is 24.3 Å². The second kappa shape index (κ2) is 22.9. The number of amides is 5. The lowest BCUT2D eigenvalue weighted by molar-refractivity contribution is -0.144. The normalized spacial score (nSPS) is 17.0. The zero-order valence-corrected chi connectivity index (χ0v) is 43.4. The molecule has 3 aromatic carbocycles. The molecule has 7 rings (SSSR count). The van der Waals surface area contributed by atoms with Crippen LogP contribution in [0.1, 0.15) is 57.8 Å². The second-order valence-electron chi connectivity index (χ2n) is 18.7. The molecule has 5 aromatic rings. The SMILES string of the molecule is COc1cc(OC)c(Cl)c(NC(=O)N(C)c2cc(Nc3ccc(N4CCN(CCC(=O)NC(C(=O)N5CC(O)CC5C(=O)NC(C)c5ccc(-c6scnc6C)cc5)C(C)(C)C)CC4)cc3)ncn2)c1Cl. The molecule has 18 nitrogen and oxygen atoms in total. The van der Waals surface area contributed by atoms with Crippen LogP contribution in [0.2, 0.25) is 10.0 Å². The number of hydrogen-bond donors (Lipinski definition) is 5. The third kappa shape index (κ3) is 12.6. The van der Waals surface area contributed by atoms with Crippen molar-refractivity contribution in [2.24, 2.45) is 5.41 Å². The largest absolute Gasteiger partial charge is 0.495 e. The molecule has 378 valence electrons. The molecule has 21 heteroatoms. The molecular formula is C50H61Cl2N11O7S. The van der Waals surface area contributed by atoms with Gasteiger partial charge in [-0.3, -0.25) is 24.2 Å². The van der Waals surface area contributed by atoms with Crippen molar-refractivity contribution in [1.29, 1.82) is 0 Å². The van der Waals surface area contributed by atoms with Crippen molar-refractivity contribution in [1.82, 2.24) is 35.4 Å². The number of carbonyl (C=O) groups excluding carboxylic acids is 4. The van der Waals surface area contributed by atoms with Crippen LogP contribution in [-0.2, 0) is 14.4 Å². The average Bonchev–Trinajstić information content (AvgIpc) is 3.98. The van der Waals surface area contributed by atoms with E-state index in [4.69, 9.17) is 32.7 Å². The number of halogens is 2. The maximum atomic E-state index is 14.2. The highest BCUT2D eigenvalue weighted by Gasteiger charge is 2.45. The van der Waals surface area contributed by atoms with Crippen LogP contribution in [0.25, 0.3) is 10.4 Å². The third-order valence-electron chi connectivity index (χ3n) is 12.7. The number of ether oxygens (including phenoxy) is 2. The molecule has 2 aliphatic rings. The number of anilines is 5. The molecule has 0 saturated carbocycles. The number of carbonyl (C=O) groups is 4. The Bertz CT molecular complexity index is 2670. The molecule has 71 heavy (non-hydrogen) atoms. The molecule has 5 N–H and O–H groups in total. The fraction of sp³-hybridized carbons (Fsp3) is 0.420. The van der Waals surface area contributed by atoms with Crippen LogP contribution < -0.4 is 40.5 Å². The van der Waals surface area contributed by atoms with E-state index in [-0.39, 0.29) is 64.5 Å². The molecule has 0 bridgehead atoms. The van der Waals surface area contributed by atoms with Crippen molar-refractivity contribution >= 4 is 87.0 Å². The highest BCUT2D eigenvalue weighted by molar-refractivity contribution is 7.13. The maximum absolute atomic E-state index is 14.2. The van der Waals surface area contributed by atoms with Gasteiger partial charge in [-0.05, 0) is 54.7 Å².